The van der Waals surface area contributed by atoms with Crippen LogP contribution >= 0.6 is 0 Å². The number of carbonyl (C=O) groups excluding carboxylic acids is 1. The van der Waals surface area contributed by atoms with Crippen molar-refractivity contribution in [1.29, 1.82) is 0 Å². The summed E-state index contributed by atoms with van der Waals surface area (Å²) in [6.07, 6.45) is 3.80. The molecule has 0 aromatic heterocycles. The number of ether oxygens (including phenoxy) is 2. The summed E-state index contributed by atoms with van der Waals surface area (Å²) in [6, 6.07) is 7.14. The molecule has 7 nitrogen and oxygen atoms in total. The Bertz CT molecular complexity index is 798. The van der Waals surface area contributed by atoms with Gasteiger partial charge in [-0.15, -0.1) is 0 Å². The van der Waals surface area contributed by atoms with Crippen LogP contribution in [0.25, 0.3) is 0 Å². The fraction of sp³-hybridized carbons (Fsp3) is 0.650. The lowest BCUT2D eigenvalue weighted by atomic mass is 9.67. The summed E-state index contributed by atoms with van der Waals surface area (Å²) in [7, 11) is -1.68. The molecule has 1 aliphatic carbocycles. The molecule has 0 radical (unpaired) electrons. The summed E-state index contributed by atoms with van der Waals surface area (Å²) in [6.45, 7) is 2.95. The van der Waals surface area contributed by atoms with Crippen LogP contribution in [0.4, 0.5) is 0 Å². The molecular weight excluding hydrogens is 380 g/mol. The predicted molar refractivity (Wildman–Crippen MR) is 107 cm³/mol. The largest absolute Gasteiger partial charge is 0.493 e. The van der Waals surface area contributed by atoms with E-state index in [1.54, 1.807) is 11.4 Å². The van der Waals surface area contributed by atoms with E-state index < -0.39 is 15.4 Å². The van der Waals surface area contributed by atoms with E-state index in [-0.39, 0.29) is 17.7 Å². The zero-order valence-electron chi connectivity index (χ0n) is 16.6. The van der Waals surface area contributed by atoms with Crippen LogP contribution in [-0.2, 0) is 14.8 Å². The fourth-order valence-electron chi connectivity index (χ4n) is 4.59. The minimum absolute atomic E-state index is 0.0441. The third-order valence-corrected chi connectivity index (χ3v) is 7.92. The summed E-state index contributed by atoms with van der Waals surface area (Å²) < 4.78 is 37.5. The van der Waals surface area contributed by atoms with Gasteiger partial charge in [0.25, 0.3) is 0 Å². The Balaban J connectivity index is 1.63. The Morgan fingerprint density at radius 1 is 1.25 bits per heavy atom. The summed E-state index contributed by atoms with van der Waals surface area (Å²) in [5, 5.41) is 3.00. The molecule has 2 atom stereocenters. The molecule has 3 rings (SSSR count). The van der Waals surface area contributed by atoms with Crippen LogP contribution in [0.3, 0.4) is 0 Å². The molecular formula is C20H30N2O5S. The van der Waals surface area contributed by atoms with Crippen molar-refractivity contribution in [3.05, 3.63) is 24.3 Å². The van der Waals surface area contributed by atoms with Gasteiger partial charge < -0.3 is 14.8 Å². The Labute approximate surface area is 167 Å². The number of nitrogens with one attached hydrogen (secondary N) is 1. The first-order valence-electron chi connectivity index (χ1n) is 9.98. The summed E-state index contributed by atoms with van der Waals surface area (Å²) >= 11 is 0. The summed E-state index contributed by atoms with van der Waals surface area (Å²) in [4.78, 5) is 13.1. The molecule has 0 bridgehead atoms. The van der Waals surface area contributed by atoms with Gasteiger partial charge in [-0.1, -0.05) is 31.9 Å². The van der Waals surface area contributed by atoms with Crippen molar-refractivity contribution < 1.29 is 22.7 Å². The van der Waals surface area contributed by atoms with Crippen molar-refractivity contribution in [3.8, 4) is 11.5 Å². The Kier molecular flexibility index (Phi) is 6.50. The number of rotatable bonds is 7. The van der Waals surface area contributed by atoms with E-state index >= 15 is 0 Å². The van der Waals surface area contributed by atoms with Gasteiger partial charge in [-0.2, -0.15) is 4.31 Å². The highest BCUT2D eigenvalue weighted by Crippen LogP contribution is 2.46. The number of methoxy groups -OCH3 is 1. The van der Waals surface area contributed by atoms with Gasteiger partial charge >= 0.3 is 0 Å². The fourth-order valence-corrected chi connectivity index (χ4v) is 6.53. The molecule has 2 fully saturated rings. The average molecular weight is 411 g/mol. The number of para-hydroxylation sites is 2. The molecule has 28 heavy (non-hydrogen) atoms. The predicted octanol–water partition coefficient (Wildman–Crippen LogP) is 2.17. The van der Waals surface area contributed by atoms with Gasteiger partial charge in [-0.05, 0) is 31.4 Å². The molecule has 1 amide bonds. The maximum absolute atomic E-state index is 13.1. The topological polar surface area (TPSA) is 84.9 Å². The maximum Gasteiger partial charge on any atom is 0.227 e. The van der Waals surface area contributed by atoms with E-state index in [4.69, 9.17) is 9.47 Å². The second kappa shape index (κ2) is 8.69. The van der Waals surface area contributed by atoms with Gasteiger partial charge in [0.2, 0.25) is 15.9 Å². The molecule has 1 aromatic carbocycles. The van der Waals surface area contributed by atoms with E-state index in [2.05, 4.69) is 5.32 Å². The highest BCUT2D eigenvalue weighted by Gasteiger charge is 2.54. The van der Waals surface area contributed by atoms with E-state index in [1.165, 1.54) is 0 Å². The van der Waals surface area contributed by atoms with Crippen LogP contribution in [0.1, 0.15) is 39.0 Å². The van der Waals surface area contributed by atoms with Crippen molar-refractivity contribution in [2.24, 2.45) is 5.41 Å². The molecule has 2 aliphatic rings. The number of fused-ring (bicyclic) bond motifs is 1. The molecule has 0 spiro atoms. The quantitative estimate of drug-likeness (QED) is 0.697. The van der Waals surface area contributed by atoms with Crippen LogP contribution < -0.4 is 14.8 Å². The van der Waals surface area contributed by atoms with Crippen molar-refractivity contribution in [1.82, 2.24) is 9.62 Å². The van der Waals surface area contributed by atoms with Gasteiger partial charge in [0.1, 0.15) is 6.61 Å². The van der Waals surface area contributed by atoms with Gasteiger partial charge in [-0.25, -0.2) is 8.42 Å². The zero-order chi connectivity index (χ0) is 20.2. The molecule has 1 saturated carbocycles. The van der Waals surface area contributed by atoms with Crippen LogP contribution in [0.5, 0.6) is 11.5 Å². The van der Waals surface area contributed by atoms with Gasteiger partial charge in [-0.3, -0.25) is 4.79 Å². The molecule has 1 N–H and O–H groups in total. The summed E-state index contributed by atoms with van der Waals surface area (Å²) in [5.41, 5.74) is -0.621. The molecule has 1 aliphatic heterocycles. The number of hydrogen-bond donors (Lipinski definition) is 1. The van der Waals surface area contributed by atoms with Crippen LogP contribution in [0, 0.1) is 5.41 Å². The molecule has 156 valence electrons. The minimum Gasteiger partial charge on any atom is -0.493 e. The second-order valence-corrected chi connectivity index (χ2v) is 9.48. The van der Waals surface area contributed by atoms with E-state index in [0.29, 0.717) is 37.6 Å². The molecule has 1 saturated heterocycles. The van der Waals surface area contributed by atoms with Gasteiger partial charge in [0.05, 0.1) is 24.8 Å². The smallest absolute Gasteiger partial charge is 0.227 e. The molecule has 8 heteroatoms. The van der Waals surface area contributed by atoms with E-state index in [1.807, 2.05) is 31.2 Å². The van der Waals surface area contributed by atoms with E-state index in [0.717, 1.165) is 25.7 Å². The first-order valence-corrected chi connectivity index (χ1v) is 11.6. The first kappa shape index (κ1) is 20.9. The first-order chi connectivity index (χ1) is 13.4. The lowest BCUT2D eigenvalue weighted by molar-refractivity contribution is -0.137. The number of carbonyl (C=O) groups is 1. The second-order valence-electron chi connectivity index (χ2n) is 7.44. The SMILES string of the molecule is CCN1[C@@H]2CCCC[C@@]2(C(=O)NCCOc2ccccc2OC)CCS1(=O)=O. The van der Waals surface area contributed by atoms with Gasteiger partial charge in [0.15, 0.2) is 11.5 Å². The van der Waals surface area contributed by atoms with Crippen molar-refractivity contribution in [3.63, 3.8) is 0 Å². The minimum atomic E-state index is -3.27. The third-order valence-electron chi connectivity index (χ3n) is 5.98. The summed E-state index contributed by atoms with van der Waals surface area (Å²) in [5.74, 6) is 1.28. The number of benzene rings is 1. The third kappa shape index (κ3) is 3.98. The standard InChI is InChI=1S/C20H30N2O5S/c1-3-22-18-10-6-7-11-20(18,12-15-28(22,24)25)19(23)21-13-14-27-17-9-5-4-8-16(17)26-2/h4-5,8-9,18H,3,6-7,10-15H2,1-2H3,(H,21,23)/t18-,20-/m1/s1. The number of sulfonamides is 1. The highest BCUT2D eigenvalue weighted by molar-refractivity contribution is 7.89. The normalized spacial score (nSPS) is 26.9. The van der Waals surface area contributed by atoms with Crippen LogP contribution in [0.15, 0.2) is 24.3 Å². The maximum atomic E-state index is 13.1. The number of hydrogen-bond acceptors (Lipinski definition) is 5. The van der Waals surface area contributed by atoms with Crippen molar-refractivity contribution >= 4 is 15.9 Å². The Morgan fingerprint density at radius 3 is 2.71 bits per heavy atom. The molecule has 1 aromatic rings. The molecule has 0 unspecified atom stereocenters. The lowest BCUT2D eigenvalue weighted by Gasteiger charge is -2.50. The number of nitrogens with zero attached hydrogens (tertiary/aromatic N) is 1. The van der Waals surface area contributed by atoms with Crippen LogP contribution in [0.2, 0.25) is 0 Å². The monoisotopic (exact) mass is 410 g/mol. The Hall–Kier alpha value is -1.80. The van der Waals surface area contributed by atoms with Crippen molar-refractivity contribution in [2.45, 2.75) is 45.1 Å². The lowest BCUT2D eigenvalue weighted by Crippen LogP contribution is -2.62. The Morgan fingerprint density at radius 2 is 2.00 bits per heavy atom. The van der Waals surface area contributed by atoms with Crippen LogP contribution in [-0.4, -0.2) is 57.2 Å². The average Bonchev–Trinajstić information content (AvgIpc) is 2.70. The highest BCUT2D eigenvalue weighted by atomic mass is 32.2. The van der Waals surface area contributed by atoms with E-state index in [9.17, 15) is 13.2 Å². The van der Waals surface area contributed by atoms with Gasteiger partial charge in [0, 0.05) is 12.6 Å². The van der Waals surface area contributed by atoms with Crippen molar-refractivity contribution in [2.75, 3.05) is 32.6 Å². The zero-order valence-corrected chi connectivity index (χ0v) is 17.5. The molecule has 1 heterocycles. The number of amides is 1.